The quantitative estimate of drug-likeness (QED) is 0.767. The van der Waals surface area contributed by atoms with Gasteiger partial charge in [-0.15, -0.1) is 0 Å². The molecule has 4 heteroatoms. The van der Waals surface area contributed by atoms with Gasteiger partial charge in [-0.05, 0) is 43.5 Å². The van der Waals surface area contributed by atoms with Crippen LogP contribution < -0.4 is 4.74 Å². The second kappa shape index (κ2) is 6.64. The number of hydrogen-bond donors (Lipinski definition) is 0. The van der Waals surface area contributed by atoms with E-state index in [-0.39, 0.29) is 5.97 Å². The van der Waals surface area contributed by atoms with E-state index in [1.807, 2.05) is 20.8 Å². The second-order valence-electron chi connectivity index (χ2n) is 4.69. The molecule has 0 aliphatic rings. The minimum Gasteiger partial charge on any atom is -0.479 e. The first-order chi connectivity index (χ1) is 8.40. The molecule has 1 rings (SSSR count). The molecule has 0 spiro atoms. The van der Waals surface area contributed by atoms with Crippen LogP contribution in [0.15, 0.2) is 18.2 Å². The minimum absolute atomic E-state index is 0.318. The van der Waals surface area contributed by atoms with Crippen LogP contribution in [-0.2, 0) is 9.53 Å². The Hall–Kier alpha value is -1.22. The zero-order valence-electron chi connectivity index (χ0n) is 11.2. The van der Waals surface area contributed by atoms with Gasteiger partial charge >= 0.3 is 5.97 Å². The van der Waals surface area contributed by atoms with Crippen molar-refractivity contribution < 1.29 is 14.3 Å². The highest BCUT2D eigenvalue weighted by Crippen LogP contribution is 2.23. The first-order valence-electron chi connectivity index (χ1n) is 5.99. The summed E-state index contributed by atoms with van der Waals surface area (Å²) < 4.78 is 10.7. The van der Waals surface area contributed by atoms with E-state index in [0.717, 1.165) is 5.56 Å². The van der Waals surface area contributed by atoms with Crippen molar-refractivity contribution in [3.05, 3.63) is 28.8 Å². The predicted molar refractivity (Wildman–Crippen MR) is 72.1 cm³/mol. The van der Waals surface area contributed by atoms with E-state index < -0.39 is 6.10 Å². The van der Waals surface area contributed by atoms with E-state index in [9.17, 15) is 4.79 Å². The third-order valence-electron chi connectivity index (χ3n) is 2.33. The number of hydrogen-bond acceptors (Lipinski definition) is 3. The van der Waals surface area contributed by atoms with Gasteiger partial charge in [0, 0.05) is 5.02 Å². The van der Waals surface area contributed by atoms with Gasteiger partial charge in [0.1, 0.15) is 5.75 Å². The molecule has 1 unspecified atom stereocenters. The number of carbonyl (C=O) groups is 1. The number of esters is 1. The monoisotopic (exact) mass is 270 g/mol. The Morgan fingerprint density at radius 1 is 1.33 bits per heavy atom. The van der Waals surface area contributed by atoms with Crippen LogP contribution >= 0.6 is 11.6 Å². The lowest BCUT2D eigenvalue weighted by Crippen LogP contribution is -2.27. The van der Waals surface area contributed by atoms with E-state index in [1.54, 1.807) is 25.1 Å². The van der Waals surface area contributed by atoms with Crippen LogP contribution in [0.4, 0.5) is 0 Å². The Balaban J connectivity index is 2.58. The molecular weight excluding hydrogens is 252 g/mol. The van der Waals surface area contributed by atoms with Gasteiger partial charge in [0.05, 0.1) is 6.61 Å². The fourth-order valence-electron chi connectivity index (χ4n) is 1.35. The van der Waals surface area contributed by atoms with E-state index >= 15 is 0 Å². The Morgan fingerprint density at radius 3 is 2.56 bits per heavy atom. The lowest BCUT2D eigenvalue weighted by Gasteiger charge is -2.16. The van der Waals surface area contributed by atoms with E-state index in [4.69, 9.17) is 21.1 Å². The number of aryl methyl sites for hydroxylation is 1. The lowest BCUT2D eigenvalue weighted by atomic mass is 10.2. The Morgan fingerprint density at radius 2 is 2.00 bits per heavy atom. The van der Waals surface area contributed by atoms with Gasteiger partial charge in [0.25, 0.3) is 0 Å². The first kappa shape index (κ1) is 14.8. The Labute approximate surface area is 113 Å². The van der Waals surface area contributed by atoms with Crippen molar-refractivity contribution in [1.82, 2.24) is 0 Å². The Bertz CT molecular complexity index is 416. The molecule has 0 heterocycles. The fourth-order valence-corrected chi connectivity index (χ4v) is 1.58. The van der Waals surface area contributed by atoms with Gasteiger partial charge in [0.2, 0.25) is 0 Å². The van der Waals surface area contributed by atoms with Crippen molar-refractivity contribution in [2.75, 3.05) is 6.61 Å². The highest BCUT2D eigenvalue weighted by molar-refractivity contribution is 6.30. The Kier molecular flexibility index (Phi) is 5.48. The van der Waals surface area contributed by atoms with E-state index in [2.05, 4.69) is 0 Å². The summed E-state index contributed by atoms with van der Waals surface area (Å²) in [6.45, 7) is 7.94. The normalized spacial score (nSPS) is 12.3. The molecule has 0 saturated heterocycles. The highest BCUT2D eigenvalue weighted by atomic mass is 35.5. The summed E-state index contributed by atoms with van der Waals surface area (Å²) in [5.41, 5.74) is 0.894. The third-order valence-corrected chi connectivity index (χ3v) is 2.57. The smallest absolute Gasteiger partial charge is 0.347 e. The maximum absolute atomic E-state index is 11.7. The van der Waals surface area contributed by atoms with Crippen LogP contribution in [0.25, 0.3) is 0 Å². The second-order valence-corrected chi connectivity index (χ2v) is 5.13. The molecular formula is C14H19ClO3. The molecule has 0 amide bonds. The maximum atomic E-state index is 11.7. The lowest BCUT2D eigenvalue weighted by molar-refractivity contribution is -0.152. The first-order valence-corrected chi connectivity index (χ1v) is 6.37. The summed E-state index contributed by atoms with van der Waals surface area (Å²) in [6.07, 6.45) is -0.622. The number of halogens is 1. The van der Waals surface area contributed by atoms with E-state index in [1.165, 1.54) is 0 Å². The predicted octanol–water partition coefficient (Wildman–Crippen LogP) is 3.61. The van der Waals surface area contributed by atoms with Gasteiger partial charge in [-0.3, -0.25) is 0 Å². The minimum atomic E-state index is -0.622. The summed E-state index contributed by atoms with van der Waals surface area (Å²) in [4.78, 5) is 11.7. The molecule has 0 N–H and O–H groups in total. The molecule has 0 radical (unpaired) electrons. The number of benzene rings is 1. The number of rotatable bonds is 5. The zero-order valence-corrected chi connectivity index (χ0v) is 12.0. The standard InChI is InChI=1S/C14H19ClO3/c1-9(2)8-17-14(16)11(4)18-13-6-5-12(15)7-10(13)3/h5-7,9,11H,8H2,1-4H3. The van der Waals surface area contributed by atoms with Crippen molar-refractivity contribution in [1.29, 1.82) is 0 Å². The maximum Gasteiger partial charge on any atom is 0.347 e. The number of carbonyl (C=O) groups excluding carboxylic acids is 1. The van der Waals surface area contributed by atoms with Crippen LogP contribution in [0.1, 0.15) is 26.3 Å². The van der Waals surface area contributed by atoms with Crippen molar-refractivity contribution in [3.8, 4) is 5.75 Å². The molecule has 0 saturated carbocycles. The van der Waals surface area contributed by atoms with Gasteiger partial charge in [-0.25, -0.2) is 4.79 Å². The average Bonchev–Trinajstić information content (AvgIpc) is 2.29. The van der Waals surface area contributed by atoms with Crippen LogP contribution in [-0.4, -0.2) is 18.7 Å². The van der Waals surface area contributed by atoms with Crippen molar-refractivity contribution in [3.63, 3.8) is 0 Å². The molecule has 1 atom stereocenters. The molecule has 0 bridgehead atoms. The summed E-state index contributed by atoms with van der Waals surface area (Å²) in [7, 11) is 0. The summed E-state index contributed by atoms with van der Waals surface area (Å²) >= 11 is 5.85. The van der Waals surface area contributed by atoms with E-state index in [0.29, 0.717) is 23.3 Å². The summed E-state index contributed by atoms with van der Waals surface area (Å²) in [5.74, 6) is 0.616. The molecule has 3 nitrogen and oxygen atoms in total. The molecule has 100 valence electrons. The number of ether oxygens (including phenoxy) is 2. The SMILES string of the molecule is Cc1cc(Cl)ccc1OC(C)C(=O)OCC(C)C. The van der Waals surface area contributed by atoms with Gasteiger partial charge in [0.15, 0.2) is 6.10 Å². The van der Waals surface area contributed by atoms with Crippen molar-refractivity contribution in [2.24, 2.45) is 5.92 Å². The summed E-state index contributed by atoms with van der Waals surface area (Å²) in [6, 6.07) is 5.28. The fraction of sp³-hybridized carbons (Fsp3) is 0.500. The molecule has 0 aliphatic carbocycles. The highest BCUT2D eigenvalue weighted by Gasteiger charge is 2.17. The molecule has 1 aromatic rings. The molecule has 18 heavy (non-hydrogen) atoms. The van der Waals surface area contributed by atoms with Gasteiger partial charge in [-0.1, -0.05) is 25.4 Å². The molecule has 1 aromatic carbocycles. The van der Waals surface area contributed by atoms with Gasteiger partial charge < -0.3 is 9.47 Å². The molecule has 0 aliphatic heterocycles. The topological polar surface area (TPSA) is 35.5 Å². The summed E-state index contributed by atoms with van der Waals surface area (Å²) in [5, 5.41) is 0.648. The van der Waals surface area contributed by atoms with Crippen LogP contribution in [0.5, 0.6) is 5.75 Å². The van der Waals surface area contributed by atoms with Crippen LogP contribution in [0.2, 0.25) is 5.02 Å². The molecule has 0 fully saturated rings. The van der Waals surface area contributed by atoms with Crippen molar-refractivity contribution >= 4 is 17.6 Å². The molecule has 0 aromatic heterocycles. The van der Waals surface area contributed by atoms with Gasteiger partial charge in [-0.2, -0.15) is 0 Å². The largest absolute Gasteiger partial charge is 0.479 e. The van der Waals surface area contributed by atoms with Crippen LogP contribution in [0.3, 0.4) is 0 Å². The average molecular weight is 271 g/mol. The van der Waals surface area contributed by atoms with Crippen molar-refractivity contribution in [2.45, 2.75) is 33.8 Å². The third kappa shape index (κ3) is 4.57. The van der Waals surface area contributed by atoms with Crippen LogP contribution in [0, 0.1) is 12.8 Å². The zero-order chi connectivity index (χ0) is 13.7.